The van der Waals surface area contributed by atoms with E-state index in [0.29, 0.717) is 43.3 Å². The van der Waals surface area contributed by atoms with Gasteiger partial charge in [0.15, 0.2) is 0 Å². The SMILES string of the molecule is Cc1noc(C)c1CC(=O)NCc1ccccc1S(=O)(=O)N1CCOCC1. The van der Waals surface area contributed by atoms with Crippen LogP contribution in [0.4, 0.5) is 0 Å². The number of nitrogens with zero attached hydrogens (tertiary/aromatic N) is 2. The van der Waals surface area contributed by atoms with Crippen LogP contribution in [0.1, 0.15) is 22.6 Å². The molecule has 1 fully saturated rings. The van der Waals surface area contributed by atoms with Crippen molar-refractivity contribution < 1.29 is 22.5 Å². The number of benzene rings is 1. The Morgan fingerprint density at radius 3 is 2.59 bits per heavy atom. The average Bonchev–Trinajstić information content (AvgIpc) is 2.99. The first-order chi connectivity index (χ1) is 12.9. The van der Waals surface area contributed by atoms with Gasteiger partial charge in [-0.25, -0.2) is 8.42 Å². The van der Waals surface area contributed by atoms with E-state index in [9.17, 15) is 13.2 Å². The van der Waals surface area contributed by atoms with Gasteiger partial charge in [-0.05, 0) is 25.5 Å². The molecule has 1 aromatic carbocycles. The molecule has 9 heteroatoms. The van der Waals surface area contributed by atoms with Crippen molar-refractivity contribution in [2.24, 2.45) is 0 Å². The Kier molecular flexibility index (Phi) is 5.93. The minimum atomic E-state index is -3.63. The number of carbonyl (C=O) groups is 1. The average molecular weight is 393 g/mol. The van der Waals surface area contributed by atoms with Gasteiger partial charge in [0.1, 0.15) is 5.76 Å². The molecule has 1 amide bonds. The van der Waals surface area contributed by atoms with Crippen LogP contribution < -0.4 is 5.32 Å². The molecule has 2 aromatic rings. The highest BCUT2D eigenvalue weighted by Gasteiger charge is 2.28. The van der Waals surface area contributed by atoms with E-state index in [1.807, 2.05) is 0 Å². The van der Waals surface area contributed by atoms with E-state index in [-0.39, 0.29) is 23.8 Å². The first-order valence-electron chi connectivity index (χ1n) is 8.74. The van der Waals surface area contributed by atoms with E-state index < -0.39 is 10.0 Å². The van der Waals surface area contributed by atoms with E-state index in [4.69, 9.17) is 9.26 Å². The number of hydrogen-bond acceptors (Lipinski definition) is 6. The van der Waals surface area contributed by atoms with Gasteiger partial charge in [-0.2, -0.15) is 4.31 Å². The lowest BCUT2D eigenvalue weighted by molar-refractivity contribution is -0.120. The molecule has 0 aliphatic carbocycles. The fourth-order valence-electron chi connectivity index (χ4n) is 3.00. The highest BCUT2D eigenvalue weighted by Crippen LogP contribution is 2.21. The lowest BCUT2D eigenvalue weighted by atomic mass is 10.1. The monoisotopic (exact) mass is 393 g/mol. The van der Waals surface area contributed by atoms with Gasteiger partial charge in [-0.3, -0.25) is 4.79 Å². The van der Waals surface area contributed by atoms with Crippen LogP contribution in [0.3, 0.4) is 0 Å². The Hall–Kier alpha value is -2.23. The zero-order chi connectivity index (χ0) is 19.4. The Morgan fingerprint density at radius 1 is 1.22 bits per heavy atom. The zero-order valence-electron chi connectivity index (χ0n) is 15.4. The molecular weight excluding hydrogens is 370 g/mol. The number of rotatable bonds is 6. The molecule has 146 valence electrons. The molecule has 1 aromatic heterocycles. The number of ether oxygens (including phenoxy) is 1. The van der Waals surface area contributed by atoms with Gasteiger partial charge in [-0.15, -0.1) is 0 Å². The predicted molar refractivity (Wildman–Crippen MR) is 97.5 cm³/mol. The van der Waals surface area contributed by atoms with Crippen LogP contribution >= 0.6 is 0 Å². The third-order valence-electron chi connectivity index (χ3n) is 4.56. The maximum atomic E-state index is 12.9. The fraction of sp³-hybridized carbons (Fsp3) is 0.444. The van der Waals surface area contributed by atoms with Crippen molar-refractivity contribution in [2.75, 3.05) is 26.3 Å². The molecule has 3 rings (SSSR count). The summed E-state index contributed by atoms with van der Waals surface area (Å²) in [5.74, 6) is 0.390. The molecule has 0 spiro atoms. The van der Waals surface area contributed by atoms with E-state index >= 15 is 0 Å². The summed E-state index contributed by atoms with van der Waals surface area (Å²) >= 11 is 0. The quantitative estimate of drug-likeness (QED) is 0.791. The molecule has 2 heterocycles. The molecule has 0 unspecified atom stereocenters. The number of aromatic nitrogens is 1. The standard InChI is InChI=1S/C18H23N3O5S/c1-13-16(14(2)26-20-13)11-18(22)19-12-15-5-3-4-6-17(15)27(23,24)21-7-9-25-10-8-21/h3-6H,7-12H2,1-2H3,(H,19,22). The lowest BCUT2D eigenvalue weighted by Crippen LogP contribution is -2.41. The highest BCUT2D eigenvalue weighted by molar-refractivity contribution is 7.89. The number of sulfonamides is 1. The van der Waals surface area contributed by atoms with Gasteiger partial charge in [0.25, 0.3) is 0 Å². The summed E-state index contributed by atoms with van der Waals surface area (Å²) in [6, 6.07) is 6.72. The Balaban J connectivity index is 1.72. The van der Waals surface area contributed by atoms with Gasteiger partial charge >= 0.3 is 0 Å². The second kappa shape index (κ2) is 8.20. The Bertz CT molecular complexity index is 897. The molecule has 27 heavy (non-hydrogen) atoms. The Labute approximate surface area is 158 Å². The summed E-state index contributed by atoms with van der Waals surface area (Å²) in [7, 11) is -3.63. The zero-order valence-corrected chi connectivity index (χ0v) is 16.2. The van der Waals surface area contributed by atoms with Gasteiger partial charge in [0, 0.05) is 25.2 Å². The van der Waals surface area contributed by atoms with Crippen LogP contribution in [0, 0.1) is 13.8 Å². The summed E-state index contributed by atoms with van der Waals surface area (Å²) in [6.45, 7) is 5.09. The van der Waals surface area contributed by atoms with Gasteiger partial charge in [-0.1, -0.05) is 23.4 Å². The van der Waals surface area contributed by atoms with Gasteiger partial charge < -0.3 is 14.6 Å². The Morgan fingerprint density at radius 2 is 1.93 bits per heavy atom. The molecule has 0 saturated carbocycles. The topological polar surface area (TPSA) is 102 Å². The fourth-order valence-corrected chi connectivity index (χ4v) is 4.63. The van der Waals surface area contributed by atoms with Gasteiger partial charge in [0.05, 0.1) is 30.2 Å². The van der Waals surface area contributed by atoms with Crippen LogP contribution in [-0.2, 0) is 32.5 Å². The minimum absolute atomic E-state index is 0.127. The van der Waals surface area contributed by atoms with Crippen LogP contribution in [0.15, 0.2) is 33.7 Å². The third kappa shape index (κ3) is 4.37. The van der Waals surface area contributed by atoms with E-state index in [2.05, 4.69) is 10.5 Å². The number of nitrogens with one attached hydrogen (secondary N) is 1. The summed E-state index contributed by atoms with van der Waals surface area (Å²) in [5, 5.41) is 6.63. The number of aryl methyl sites for hydroxylation is 2. The molecular formula is C18H23N3O5S. The first-order valence-corrected chi connectivity index (χ1v) is 10.2. The summed E-state index contributed by atoms with van der Waals surface area (Å²) < 4.78 is 37.6. The van der Waals surface area contributed by atoms with Crippen LogP contribution in [0.25, 0.3) is 0 Å². The van der Waals surface area contributed by atoms with Crippen LogP contribution in [-0.4, -0.2) is 50.1 Å². The molecule has 1 N–H and O–H groups in total. The highest BCUT2D eigenvalue weighted by atomic mass is 32.2. The predicted octanol–water partition coefficient (Wildman–Crippen LogP) is 1.17. The second-order valence-electron chi connectivity index (χ2n) is 6.38. The number of carbonyl (C=O) groups excluding carboxylic acids is 1. The summed E-state index contributed by atoms with van der Waals surface area (Å²) in [4.78, 5) is 12.5. The van der Waals surface area contributed by atoms with E-state index in [0.717, 1.165) is 5.56 Å². The number of amides is 1. The van der Waals surface area contributed by atoms with Crippen molar-refractivity contribution in [2.45, 2.75) is 31.7 Å². The normalized spacial score (nSPS) is 15.6. The first kappa shape index (κ1) is 19.5. The lowest BCUT2D eigenvalue weighted by Gasteiger charge is -2.27. The van der Waals surface area contributed by atoms with E-state index in [1.165, 1.54) is 4.31 Å². The van der Waals surface area contributed by atoms with Crippen LogP contribution in [0.2, 0.25) is 0 Å². The maximum Gasteiger partial charge on any atom is 0.243 e. The van der Waals surface area contributed by atoms with Crippen molar-refractivity contribution in [3.05, 3.63) is 46.8 Å². The molecule has 0 bridgehead atoms. The third-order valence-corrected chi connectivity index (χ3v) is 6.55. The second-order valence-corrected chi connectivity index (χ2v) is 8.29. The van der Waals surface area contributed by atoms with Crippen molar-refractivity contribution in [3.63, 3.8) is 0 Å². The van der Waals surface area contributed by atoms with E-state index in [1.54, 1.807) is 38.1 Å². The molecule has 8 nitrogen and oxygen atoms in total. The largest absolute Gasteiger partial charge is 0.379 e. The molecule has 1 aliphatic rings. The molecule has 1 saturated heterocycles. The molecule has 0 radical (unpaired) electrons. The number of morpholine rings is 1. The van der Waals surface area contributed by atoms with Crippen LogP contribution in [0.5, 0.6) is 0 Å². The summed E-state index contributed by atoms with van der Waals surface area (Å²) in [5.41, 5.74) is 1.98. The smallest absolute Gasteiger partial charge is 0.243 e. The number of hydrogen-bond donors (Lipinski definition) is 1. The van der Waals surface area contributed by atoms with Gasteiger partial charge in [0.2, 0.25) is 15.9 Å². The summed E-state index contributed by atoms with van der Waals surface area (Å²) in [6.07, 6.45) is 0.138. The molecule has 0 atom stereocenters. The van der Waals surface area contributed by atoms with Crippen molar-refractivity contribution in [3.8, 4) is 0 Å². The van der Waals surface area contributed by atoms with Crippen molar-refractivity contribution in [1.29, 1.82) is 0 Å². The van der Waals surface area contributed by atoms with Crippen molar-refractivity contribution in [1.82, 2.24) is 14.8 Å². The maximum absolute atomic E-state index is 12.9. The molecule has 1 aliphatic heterocycles. The van der Waals surface area contributed by atoms with Crippen molar-refractivity contribution >= 4 is 15.9 Å². The minimum Gasteiger partial charge on any atom is -0.379 e.